The van der Waals surface area contributed by atoms with Gasteiger partial charge in [-0.15, -0.1) is 11.3 Å². The molecule has 3 aromatic heterocycles. The second-order valence-corrected chi connectivity index (χ2v) is 6.06. The van der Waals surface area contributed by atoms with Gasteiger partial charge in [-0.3, -0.25) is 9.48 Å². The molecule has 3 aromatic rings. The molecule has 0 saturated heterocycles. The first-order valence-electron chi connectivity index (χ1n) is 7.25. The summed E-state index contributed by atoms with van der Waals surface area (Å²) in [4.78, 5) is 16.6. The normalized spacial score (nSPS) is 10.9. The molecule has 0 spiro atoms. The molecule has 1 amide bonds. The molecule has 0 fully saturated rings. The van der Waals surface area contributed by atoms with E-state index in [2.05, 4.69) is 27.5 Å². The molecule has 0 atom stereocenters. The summed E-state index contributed by atoms with van der Waals surface area (Å²) in [6.45, 7) is 4.37. The Kier molecular flexibility index (Phi) is 4.24. The topological polar surface area (TPSA) is 85.8 Å². The number of carbonyl (C=O) groups is 1. The lowest BCUT2D eigenvalue weighted by molar-refractivity contribution is 0.0942. The van der Waals surface area contributed by atoms with Gasteiger partial charge in [0.1, 0.15) is 5.01 Å². The summed E-state index contributed by atoms with van der Waals surface area (Å²) in [7, 11) is 1.85. The Morgan fingerprint density at radius 3 is 2.96 bits per heavy atom. The molecule has 0 radical (unpaired) electrons. The molecule has 23 heavy (non-hydrogen) atoms. The van der Waals surface area contributed by atoms with Gasteiger partial charge >= 0.3 is 0 Å². The van der Waals surface area contributed by atoms with E-state index in [1.165, 1.54) is 11.3 Å². The highest BCUT2D eigenvalue weighted by Crippen LogP contribution is 2.23. The third-order valence-electron chi connectivity index (χ3n) is 3.61. The minimum absolute atomic E-state index is 0.246. The number of hydrogen-bond acceptors (Lipinski definition) is 6. The molecule has 3 heterocycles. The lowest BCUT2D eigenvalue weighted by Gasteiger charge is -1.98. The quantitative estimate of drug-likeness (QED) is 0.775. The monoisotopic (exact) mass is 331 g/mol. The lowest BCUT2D eigenvalue weighted by Crippen LogP contribution is -2.22. The van der Waals surface area contributed by atoms with Crippen molar-refractivity contribution in [3.8, 4) is 11.3 Å². The number of carbonyl (C=O) groups excluding carboxylic acids is 1. The van der Waals surface area contributed by atoms with Gasteiger partial charge < -0.3 is 9.84 Å². The predicted octanol–water partition coefficient (Wildman–Crippen LogP) is 2.33. The largest absolute Gasteiger partial charge is 0.355 e. The maximum Gasteiger partial charge on any atom is 0.273 e. The molecule has 120 valence electrons. The Hall–Kier alpha value is -2.48. The first-order chi connectivity index (χ1) is 11.1. The molecule has 0 unspecified atom stereocenters. The number of thiazole rings is 1. The van der Waals surface area contributed by atoms with E-state index >= 15 is 0 Å². The number of nitrogens with zero attached hydrogens (tertiary/aromatic N) is 4. The number of hydrogen-bond donors (Lipinski definition) is 1. The van der Waals surface area contributed by atoms with E-state index in [-0.39, 0.29) is 11.6 Å². The van der Waals surface area contributed by atoms with Crippen molar-refractivity contribution in [3.63, 3.8) is 0 Å². The first-order valence-corrected chi connectivity index (χ1v) is 8.13. The maximum absolute atomic E-state index is 12.2. The van der Waals surface area contributed by atoms with Gasteiger partial charge in [0.15, 0.2) is 11.5 Å². The van der Waals surface area contributed by atoms with Crippen molar-refractivity contribution >= 4 is 17.2 Å². The van der Waals surface area contributed by atoms with Crippen molar-refractivity contribution in [1.82, 2.24) is 25.2 Å². The van der Waals surface area contributed by atoms with Crippen LogP contribution >= 0.6 is 11.3 Å². The van der Waals surface area contributed by atoms with Gasteiger partial charge in [-0.1, -0.05) is 12.1 Å². The summed E-state index contributed by atoms with van der Waals surface area (Å²) >= 11 is 1.54. The Bertz CT molecular complexity index is 833. The van der Waals surface area contributed by atoms with Gasteiger partial charge in [-0.05, 0) is 13.3 Å². The smallest absolute Gasteiger partial charge is 0.273 e. The van der Waals surface area contributed by atoms with Gasteiger partial charge in [0.05, 0.1) is 24.0 Å². The first kappa shape index (κ1) is 15.4. The molecule has 3 rings (SSSR count). The van der Waals surface area contributed by atoms with Gasteiger partial charge in [-0.25, -0.2) is 4.98 Å². The third kappa shape index (κ3) is 3.16. The van der Waals surface area contributed by atoms with E-state index < -0.39 is 0 Å². The molecule has 0 aromatic carbocycles. The van der Waals surface area contributed by atoms with Crippen molar-refractivity contribution in [1.29, 1.82) is 0 Å². The van der Waals surface area contributed by atoms with E-state index in [0.717, 1.165) is 28.4 Å². The van der Waals surface area contributed by atoms with Crippen LogP contribution in [0, 0.1) is 6.92 Å². The van der Waals surface area contributed by atoms with E-state index in [4.69, 9.17) is 4.52 Å². The Morgan fingerprint density at radius 1 is 1.48 bits per heavy atom. The van der Waals surface area contributed by atoms with Crippen LogP contribution in [0.15, 0.2) is 22.2 Å². The minimum atomic E-state index is -0.283. The lowest BCUT2D eigenvalue weighted by atomic mass is 10.2. The molecule has 7 nitrogen and oxygen atoms in total. The summed E-state index contributed by atoms with van der Waals surface area (Å²) in [6, 6.07) is 1.62. The molecule has 0 aliphatic heterocycles. The van der Waals surface area contributed by atoms with Crippen LogP contribution in [0.3, 0.4) is 0 Å². The van der Waals surface area contributed by atoms with Crippen LogP contribution in [0.25, 0.3) is 11.3 Å². The highest BCUT2D eigenvalue weighted by Gasteiger charge is 2.16. The minimum Gasteiger partial charge on any atom is -0.355 e. The SMILES string of the molecule is CCc1csc(CNC(=O)c2cc(-c3cnn(C)c3C)on2)n1. The van der Waals surface area contributed by atoms with E-state index in [1.807, 2.05) is 19.4 Å². The fourth-order valence-corrected chi connectivity index (χ4v) is 2.91. The molecule has 8 heteroatoms. The molecule has 1 N–H and O–H groups in total. The summed E-state index contributed by atoms with van der Waals surface area (Å²) < 4.78 is 7.00. The van der Waals surface area contributed by atoms with Gasteiger partial charge in [0.2, 0.25) is 0 Å². The molecule has 0 aliphatic rings. The van der Waals surface area contributed by atoms with Crippen LogP contribution in [0.1, 0.15) is 33.8 Å². The zero-order valence-corrected chi connectivity index (χ0v) is 14.0. The van der Waals surface area contributed by atoms with Crippen LogP contribution in [0.2, 0.25) is 0 Å². The van der Waals surface area contributed by atoms with Crippen LogP contribution in [0.5, 0.6) is 0 Å². The molecular formula is C15H17N5O2S. The van der Waals surface area contributed by atoms with Crippen molar-refractivity contribution in [2.75, 3.05) is 0 Å². The summed E-state index contributed by atoms with van der Waals surface area (Å²) in [5.41, 5.74) is 3.06. The Morgan fingerprint density at radius 2 is 2.30 bits per heavy atom. The third-order valence-corrected chi connectivity index (χ3v) is 4.50. The number of aromatic nitrogens is 4. The summed E-state index contributed by atoms with van der Waals surface area (Å²) in [5, 5.41) is 13.7. The molecule has 0 aliphatic carbocycles. The van der Waals surface area contributed by atoms with E-state index in [1.54, 1.807) is 16.9 Å². The van der Waals surface area contributed by atoms with Crippen molar-refractivity contribution in [2.45, 2.75) is 26.8 Å². The van der Waals surface area contributed by atoms with Crippen LogP contribution in [-0.4, -0.2) is 25.8 Å². The summed E-state index contributed by atoms with van der Waals surface area (Å²) in [5.74, 6) is 0.248. The van der Waals surface area contributed by atoms with Gasteiger partial charge in [0.25, 0.3) is 5.91 Å². The maximum atomic E-state index is 12.2. The van der Waals surface area contributed by atoms with Crippen molar-refractivity contribution in [2.24, 2.45) is 7.05 Å². The van der Waals surface area contributed by atoms with Gasteiger partial charge in [-0.2, -0.15) is 5.10 Å². The van der Waals surface area contributed by atoms with Crippen molar-refractivity contribution < 1.29 is 9.32 Å². The van der Waals surface area contributed by atoms with E-state index in [9.17, 15) is 4.79 Å². The molecule has 0 saturated carbocycles. The second-order valence-electron chi connectivity index (χ2n) is 5.11. The number of nitrogens with one attached hydrogen (secondary N) is 1. The number of amides is 1. The Balaban J connectivity index is 1.67. The standard InChI is InChI=1S/C15H17N5O2S/c1-4-10-8-23-14(18-10)7-16-15(21)12-5-13(22-19-12)11-6-17-20(3)9(11)2/h5-6,8H,4,7H2,1-3H3,(H,16,21). The van der Waals surface area contributed by atoms with Crippen LogP contribution in [0.4, 0.5) is 0 Å². The second kappa shape index (κ2) is 6.33. The molecular weight excluding hydrogens is 314 g/mol. The summed E-state index contributed by atoms with van der Waals surface area (Å²) in [6.07, 6.45) is 2.58. The predicted molar refractivity (Wildman–Crippen MR) is 86.1 cm³/mol. The van der Waals surface area contributed by atoms with Crippen LogP contribution in [-0.2, 0) is 20.0 Å². The average Bonchev–Trinajstić information content (AvgIpc) is 3.26. The number of aryl methyl sites for hydroxylation is 2. The van der Waals surface area contributed by atoms with E-state index in [0.29, 0.717) is 12.3 Å². The molecule has 0 bridgehead atoms. The zero-order valence-electron chi connectivity index (χ0n) is 13.2. The van der Waals surface area contributed by atoms with Crippen molar-refractivity contribution in [3.05, 3.63) is 39.7 Å². The fraction of sp³-hybridized carbons (Fsp3) is 0.333. The van der Waals surface area contributed by atoms with Gasteiger partial charge in [0, 0.05) is 24.2 Å². The van der Waals surface area contributed by atoms with Crippen LogP contribution < -0.4 is 5.32 Å². The highest BCUT2D eigenvalue weighted by molar-refractivity contribution is 7.09. The number of rotatable bonds is 5. The fourth-order valence-electron chi connectivity index (χ4n) is 2.09. The highest BCUT2D eigenvalue weighted by atomic mass is 32.1. The Labute approximate surface area is 137 Å². The average molecular weight is 331 g/mol. The zero-order chi connectivity index (χ0) is 16.4.